The van der Waals surface area contributed by atoms with E-state index in [9.17, 15) is 17.6 Å². The van der Waals surface area contributed by atoms with Gasteiger partial charge in [-0.2, -0.15) is 0 Å². The third-order valence-corrected chi connectivity index (χ3v) is 7.58. The molecule has 1 amide bonds. The van der Waals surface area contributed by atoms with Crippen LogP contribution in [0.4, 0.5) is 15.2 Å². The predicted molar refractivity (Wildman–Crippen MR) is 130 cm³/mol. The predicted octanol–water partition coefficient (Wildman–Crippen LogP) is 5.04. The number of benzene rings is 3. The summed E-state index contributed by atoms with van der Waals surface area (Å²) in [5.41, 5.74) is 1.55. The maximum absolute atomic E-state index is 13.7. The van der Waals surface area contributed by atoms with E-state index in [2.05, 4.69) is 10.3 Å². The highest BCUT2D eigenvalue weighted by molar-refractivity contribution is 7.92. The molecular weight excluding hydrogens is 477 g/mol. The molecule has 3 aromatic carbocycles. The number of carbonyl (C=O) groups is 1. The number of rotatable bonds is 7. The number of nitrogens with zero attached hydrogens (tertiary/aromatic N) is 2. The lowest BCUT2D eigenvalue weighted by molar-refractivity contribution is 0.102. The average Bonchev–Trinajstić information content (AvgIpc) is 3.32. The van der Waals surface area contributed by atoms with Gasteiger partial charge in [-0.3, -0.25) is 14.4 Å². The van der Waals surface area contributed by atoms with Crippen LogP contribution in [0, 0.1) is 5.82 Å². The number of halogens is 1. The van der Waals surface area contributed by atoms with E-state index in [1.54, 1.807) is 35.7 Å². The Labute approximate surface area is 200 Å². The van der Waals surface area contributed by atoms with Crippen LogP contribution in [0.25, 0.3) is 11.3 Å². The van der Waals surface area contributed by atoms with Crippen LogP contribution in [0.3, 0.4) is 0 Å². The quantitative estimate of drug-likeness (QED) is 0.387. The van der Waals surface area contributed by atoms with Crippen molar-refractivity contribution in [3.63, 3.8) is 0 Å². The normalized spacial score (nSPS) is 11.1. The van der Waals surface area contributed by atoms with Gasteiger partial charge in [0.15, 0.2) is 5.13 Å². The molecule has 0 saturated heterocycles. The second-order valence-electron chi connectivity index (χ2n) is 7.17. The molecule has 1 N–H and O–H groups in total. The van der Waals surface area contributed by atoms with Gasteiger partial charge in [-0.1, -0.05) is 24.3 Å². The summed E-state index contributed by atoms with van der Waals surface area (Å²) in [6.07, 6.45) is 0. The van der Waals surface area contributed by atoms with Crippen molar-refractivity contribution in [1.29, 1.82) is 0 Å². The third-order valence-electron chi connectivity index (χ3n) is 5.04. The Balaban J connectivity index is 1.56. The molecule has 10 heteroatoms. The second-order valence-corrected chi connectivity index (χ2v) is 10.00. The Morgan fingerprint density at radius 1 is 1.06 bits per heavy atom. The lowest BCUT2D eigenvalue weighted by Gasteiger charge is -2.19. The summed E-state index contributed by atoms with van der Waals surface area (Å²) in [7, 11) is -0.946. The van der Waals surface area contributed by atoms with Crippen molar-refractivity contribution in [3.05, 3.63) is 89.6 Å². The number of amides is 1. The van der Waals surface area contributed by atoms with Crippen LogP contribution < -0.4 is 14.4 Å². The van der Waals surface area contributed by atoms with E-state index in [0.717, 1.165) is 15.6 Å². The lowest BCUT2D eigenvalue weighted by Crippen LogP contribution is -2.26. The van der Waals surface area contributed by atoms with E-state index in [0.29, 0.717) is 22.7 Å². The SMILES string of the molecule is COc1ccc(F)cc1-c1csc(NC(=O)c2cccc(S(=O)(=O)N(C)c3ccccc3)c2)n1. The van der Waals surface area contributed by atoms with E-state index < -0.39 is 21.7 Å². The standard InChI is InChI=1S/C24H20FN3O4S2/c1-28(18-8-4-3-5-9-18)34(30,31)19-10-6-7-16(13-19)23(29)27-24-26-21(15-33-24)20-14-17(25)11-12-22(20)32-2/h3-15H,1-2H3,(H,26,27,29). The fraction of sp³-hybridized carbons (Fsp3) is 0.0833. The largest absolute Gasteiger partial charge is 0.496 e. The van der Waals surface area contributed by atoms with Gasteiger partial charge in [0.1, 0.15) is 11.6 Å². The number of methoxy groups -OCH3 is 1. The molecule has 0 spiro atoms. The highest BCUT2D eigenvalue weighted by Crippen LogP contribution is 2.33. The van der Waals surface area contributed by atoms with Crippen LogP contribution in [0.2, 0.25) is 0 Å². The topological polar surface area (TPSA) is 88.6 Å². The number of ether oxygens (including phenoxy) is 1. The van der Waals surface area contributed by atoms with E-state index >= 15 is 0 Å². The molecule has 0 atom stereocenters. The zero-order valence-electron chi connectivity index (χ0n) is 18.2. The first-order chi connectivity index (χ1) is 16.3. The summed E-state index contributed by atoms with van der Waals surface area (Å²) < 4.78 is 46.2. The highest BCUT2D eigenvalue weighted by atomic mass is 32.2. The molecule has 1 aromatic heterocycles. The second kappa shape index (κ2) is 9.62. The Hall–Kier alpha value is -3.76. The Bertz CT molecular complexity index is 1440. The molecule has 34 heavy (non-hydrogen) atoms. The zero-order valence-corrected chi connectivity index (χ0v) is 19.9. The minimum absolute atomic E-state index is 0.0178. The molecular formula is C24H20FN3O4S2. The summed E-state index contributed by atoms with van der Waals surface area (Å²) in [4.78, 5) is 17.1. The van der Waals surface area contributed by atoms with Gasteiger partial charge in [-0.15, -0.1) is 11.3 Å². The fourth-order valence-corrected chi connectivity index (χ4v) is 5.18. The monoisotopic (exact) mass is 497 g/mol. The maximum atomic E-state index is 13.7. The molecule has 1 heterocycles. The number of aromatic nitrogens is 1. The summed E-state index contributed by atoms with van der Waals surface area (Å²) in [5, 5.41) is 4.61. The van der Waals surface area contributed by atoms with Crippen LogP contribution >= 0.6 is 11.3 Å². The van der Waals surface area contributed by atoms with Gasteiger partial charge in [-0.05, 0) is 48.5 Å². The van der Waals surface area contributed by atoms with Crippen molar-refractivity contribution >= 4 is 38.1 Å². The molecule has 0 aliphatic heterocycles. The zero-order chi connectivity index (χ0) is 24.3. The molecule has 0 unspecified atom stereocenters. The molecule has 0 bridgehead atoms. The molecule has 4 aromatic rings. The third kappa shape index (κ3) is 4.78. The van der Waals surface area contributed by atoms with Crippen molar-refractivity contribution in [1.82, 2.24) is 4.98 Å². The number of para-hydroxylation sites is 1. The van der Waals surface area contributed by atoms with Crippen LogP contribution in [0.1, 0.15) is 10.4 Å². The molecule has 0 radical (unpaired) electrons. The highest BCUT2D eigenvalue weighted by Gasteiger charge is 2.22. The van der Waals surface area contributed by atoms with Crippen LogP contribution in [-0.2, 0) is 10.0 Å². The van der Waals surface area contributed by atoms with Gasteiger partial charge in [0.2, 0.25) is 0 Å². The summed E-state index contributed by atoms with van der Waals surface area (Å²) in [5.74, 6) is -0.510. The van der Waals surface area contributed by atoms with E-state index in [-0.39, 0.29) is 15.6 Å². The van der Waals surface area contributed by atoms with Gasteiger partial charge in [0, 0.05) is 23.6 Å². The van der Waals surface area contributed by atoms with Crippen molar-refractivity contribution in [2.24, 2.45) is 0 Å². The van der Waals surface area contributed by atoms with Crippen molar-refractivity contribution < 1.29 is 22.3 Å². The molecule has 0 aliphatic carbocycles. The van der Waals surface area contributed by atoms with Gasteiger partial charge in [0.25, 0.3) is 15.9 Å². The van der Waals surface area contributed by atoms with Crippen molar-refractivity contribution in [2.75, 3.05) is 23.8 Å². The summed E-state index contributed by atoms with van der Waals surface area (Å²) >= 11 is 1.16. The van der Waals surface area contributed by atoms with Gasteiger partial charge >= 0.3 is 0 Å². The minimum atomic E-state index is -3.87. The van der Waals surface area contributed by atoms with Crippen LogP contribution in [-0.4, -0.2) is 33.5 Å². The van der Waals surface area contributed by atoms with Crippen LogP contribution in [0.15, 0.2) is 83.1 Å². The van der Waals surface area contributed by atoms with E-state index in [1.165, 1.54) is 56.6 Å². The molecule has 7 nitrogen and oxygen atoms in total. The molecule has 174 valence electrons. The number of hydrogen-bond acceptors (Lipinski definition) is 6. The number of sulfonamides is 1. The number of anilines is 2. The van der Waals surface area contributed by atoms with E-state index in [1.807, 2.05) is 0 Å². The number of carbonyl (C=O) groups excluding carboxylic acids is 1. The lowest BCUT2D eigenvalue weighted by atomic mass is 10.1. The van der Waals surface area contributed by atoms with E-state index in [4.69, 9.17) is 4.74 Å². The van der Waals surface area contributed by atoms with Crippen molar-refractivity contribution in [3.8, 4) is 17.0 Å². The molecule has 0 aliphatic rings. The van der Waals surface area contributed by atoms with Gasteiger partial charge in [-0.25, -0.2) is 17.8 Å². The smallest absolute Gasteiger partial charge is 0.264 e. The minimum Gasteiger partial charge on any atom is -0.496 e. The van der Waals surface area contributed by atoms with Gasteiger partial charge < -0.3 is 4.74 Å². The fourth-order valence-electron chi connectivity index (χ4n) is 3.24. The molecule has 0 fully saturated rings. The Morgan fingerprint density at radius 3 is 2.56 bits per heavy atom. The Kier molecular flexibility index (Phi) is 6.62. The summed E-state index contributed by atoms with van der Waals surface area (Å²) in [6, 6.07) is 18.5. The average molecular weight is 498 g/mol. The first-order valence-electron chi connectivity index (χ1n) is 10.0. The van der Waals surface area contributed by atoms with Crippen LogP contribution in [0.5, 0.6) is 5.75 Å². The van der Waals surface area contributed by atoms with Crippen molar-refractivity contribution in [2.45, 2.75) is 4.90 Å². The molecule has 0 saturated carbocycles. The molecule has 4 rings (SSSR count). The summed E-state index contributed by atoms with van der Waals surface area (Å²) in [6.45, 7) is 0. The number of hydrogen-bond donors (Lipinski definition) is 1. The first-order valence-corrected chi connectivity index (χ1v) is 12.4. The number of nitrogens with one attached hydrogen (secondary N) is 1. The first kappa shape index (κ1) is 23.4. The maximum Gasteiger partial charge on any atom is 0.264 e. The number of thiazole rings is 1. The van der Waals surface area contributed by atoms with Gasteiger partial charge in [0.05, 0.1) is 23.4 Å². The Morgan fingerprint density at radius 2 is 1.82 bits per heavy atom.